The zero-order chi connectivity index (χ0) is 37.8. The second kappa shape index (κ2) is 14.1. The van der Waals surface area contributed by atoms with Crippen molar-refractivity contribution in [3.05, 3.63) is 114 Å². The number of hydrogen-bond acceptors (Lipinski definition) is 6. The highest BCUT2D eigenvalue weighted by atomic mass is 28.3. The number of aliphatic hydroxyl groups excluding tert-OH is 1. The molecule has 0 radical (unpaired) electrons. The number of carbonyl (C=O) groups excluding carboxylic acids is 3. The van der Waals surface area contributed by atoms with Crippen LogP contribution in [0.1, 0.15) is 49.3 Å². The lowest BCUT2D eigenvalue weighted by atomic mass is 9.82. The molecule has 54 heavy (non-hydrogen) atoms. The van der Waals surface area contributed by atoms with Crippen LogP contribution in [0.2, 0.25) is 18.6 Å². The van der Waals surface area contributed by atoms with Gasteiger partial charge in [0.25, 0.3) is 5.91 Å². The maximum atomic E-state index is 15.2. The number of hydrogen-bond donors (Lipinski definition) is 1. The third kappa shape index (κ3) is 5.86. The van der Waals surface area contributed by atoms with Gasteiger partial charge in [-0.2, -0.15) is 0 Å². The third-order valence-corrected chi connectivity index (χ3v) is 17.0. The van der Waals surface area contributed by atoms with Crippen LogP contribution in [0.3, 0.4) is 0 Å². The molecule has 4 aromatic carbocycles. The Kier molecular flexibility index (Phi) is 9.48. The molecule has 4 aliphatic heterocycles. The summed E-state index contributed by atoms with van der Waals surface area (Å²) < 4.78 is 12.7. The summed E-state index contributed by atoms with van der Waals surface area (Å²) in [6, 6.07) is 31.9. The van der Waals surface area contributed by atoms with E-state index in [1.807, 2.05) is 88.7 Å². The van der Waals surface area contributed by atoms with Crippen molar-refractivity contribution in [2.45, 2.75) is 82.0 Å². The molecule has 3 amide bonds. The van der Waals surface area contributed by atoms with Crippen LogP contribution in [0, 0.1) is 5.92 Å². The van der Waals surface area contributed by atoms with Gasteiger partial charge in [0, 0.05) is 30.1 Å². The molecule has 4 aromatic rings. The molecule has 2 saturated heterocycles. The molecule has 0 unspecified atom stereocenters. The Morgan fingerprint density at radius 1 is 0.926 bits per heavy atom. The van der Waals surface area contributed by atoms with Gasteiger partial charge in [0.2, 0.25) is 11.8 Å². The minimum absolute atomic E-state index is 0.0316. The SMILES string of the molecule is COc1ccc([Si](C)(C)[C@@H]2[C@@H](CC(=O)N3CCC[C@H]3CO)O[C@]3(C(=O)N(Cc4ccc(N5C(=O)CCc6ccccc65)cc4)c4ccccc43)[C@H]2C)cc1. The second-order valence-electron chi connectivity index (χ2n) is 15.9. The van der Waals surface area contributed by atoms with Crippen molar-refractivity contribution in [2.75, 3.05) is 30.1 Å². The average Bonchev–Trinajstić information content (AvgIpc) is 3.86. The second-order valence-corrected chi connectivity index (χ2v) is 20.5. The van der Waals surface area contributed by atoms with Crippen LogP contribution >= 0.6 is 0 Å². The first-order valence-electron chi connectivity index (χ1n) is 19.2. The lowest BCUT2D eigenvalue weighted by Gasteiger charge is -2.37. The quantitative estimate of drug-likeness (QED) is 0.198. The Hall–Kier alpha value is -4.77. The van der Waals surface area contributed by atoms with Crippen molar-refractivity contribution in [3.63, 3.8) is 0 Å². The number of aliphatic hydroxyl groups is 1. The zero-order valence-electron chi connectivity index (χ0n) is 31.5. The van der Waals surface area contributed by atoms with E-state index in [9.17, 15) is 14.7 Å². The van der Waals surface area contributed by atoms with Crippen LogP contribution in [0.25, 0.3) is 0 Å². The van der Waals surface area contributed by atoms with Crippen LogP contribution < -0.4 is 19.7 Å². The number of carbonyl (C=O) groups is 3. The molecule has 0 saturated carbocycles. The minimum Gasteiger partial charge on any atom is -0.497 e. The van der Waals surface area contributed by atoms with Crippen LogP contribution in [0.5, 0.6) is 5.75 Å². The first-order valence-corrected chi connectivity index (χ1v) is 22.3. The Morgan fingerprint density at radius 3 is 2.35 bits per heavy atom. The molecule has 10 heteroatoms. The van der Waals surface area contributed by atoms with Gasteiger partial charge in [-0.3, -0.25) is 19.3 Å². The zero-order valence-corrected chi connectivity index (χ0v) is 32.5. The number of benzene rings is 4. The van der Waals surface area contributed by atoms with Gasteiger partial charge in [-0.25, -0.2) is 0 Å². The molecule has 4 aliphatic rings. The van der Waals surface area contributed by atoms with Crippen LogP contribution in [0.4, 0.5) is 17.1 Å². The maximum Gasteiger partial charge on any atom is 0.264 e. The summed E-state index contributed by atoms with van der Waals surface area (Å²) in [7, 11) is -0.779. The Labute approximate surface area is 318 Å². The fourth-order valence-corrected chi connectivity index (χ4v) is 13.9. The molecule has 2 fully saturated rings. The molecular weight excluding hydrogens is 695 g/mol. The molecule has 280 valence electrons. The summed E-state index contributed by atoms with van der Waals surface area (Å²) in [6.07, 6.45) is 2.49. The van der Waals surface area contributed by atoms with E-state index in [0.717, 1.165) is 58.8 Å². The number of rotatable bonds is 9. The molecule has 9 nitrogen and oxygen atoms in total. The van der Waals surface area contributed by atoms with Gasteiger partial charge in [-0.05, 0) is 72.3 Å². The predicted octanol–water partition coefficient (Wildman–Crippen LogP) is 6.44. The molecule has 1 N–H and O–H groups in total. The molecule has 0 bridgehead atoms. The van der Waals surface area contributed by atoms with Gasteiger partial charge < -0.3 is 24.4 Å². The number of ether oxygens (including phenoxy) is 2. The maximum absolute atomic E-state index is 15.2. The van der Waals surface area contributed by atoms with Crippen LogP contribution in [0.15, 0.2) is 97.1 Å². The Balaban J connectivity index is 1.13. The summed E-state index contributed by atoms with van der Waals surface area (Å²) in [5, 5.41) is 11.3. The summed E-state index contributed by atoms with van der Waals surface area (Å²) in [6.45, 7) is 7.67. The van der Waals surface area contributed by atoms with Crippen molar-refractivity contribution in [2.24, 2.45) is 5.92 Å². The smallest absolute Gasteiger partial charge is 0.264 e. The number of fused-ring (bicyclic) bond motifs is 3. The van der Waals surface area contributed by atoms with Gasteiger partial charge in [-0.1, -0.05) is 85.9 Å². The normalized spacial score (nSPS) is 25.0. The number of amides is 3. The first kappa shape index (κ1) is 36.2. The van der Waals surface area contributed by atoms with Crippen molar-refractivity contribution in [1.82, 2.24) is 4.90 Å². The predicted molar refractivity (Wildman–Crippen MR) is 212 cm³/mol. The van der Waals surface area contributed by atoms with E-state index < -0.39 is 19.8 Å². The first-order chi connectivity index (χ1) is 26.1. The van der Waals surface area contributed by atoms with Crippen molar-refractivity contribution in [1.29, 1.82) is 0 Å². The van der Waals surface area contributed by atoms with E-state index in [-0.39, 0.29) is 48.3 Å². The highest BCUT2D eigenvalue weighted by molar-refractivity contribution is 6.91. The average molecular weight is 744 g/mol. The molecule has 5 atom stereocenters. The summed E-state index contributed by atoms with van der Waals surface area (Å²) in [5.41, 5.74) is 4.11. The van der Waals surface area contributed by atoms with Gasteiger partial charge in [-0.15, -0.1) is 0 Å². The van der Waals surface area contributed by atoms with Gasteiger partial charge >= 0.3 is 0 Å². The standard InChI is InChI=1S/C44H49N3O6Si/c1-29-42(54(3,4)35-22-20-34(52-2)21-23-35)39(26-41(50)45-25-9-11-33(45)28-48)53-44(29)36-12-6-8-14-38(36)46(43(44)51)27-30-15-18-32(19-16-30)47-37-13-7-5-10-31(37)17-24-40(47)49/h5-8,10,12-16,18-23,29,33,39,42,48H,9,11,17,24-28H2,1-4H3/t29-,33-,39+,42-,44+/m0/s1. The molecule has 1 spiro atoms. The molecular formula is C44H49N3O6Si. The topological polar surface area (TPSA) is 99.6 Å². The molecule has 4 heterocycles. The van der Waals surface area contributed by atoms with E-state index in [2.05, 4.69) is 38.2 Å². The van der Waals surface area contributed by atoms with Crippen LogP contribution in [-0.2, 0) is 37.7 Å². The number of methoxy groups -OCH3 is 1. The Bertz CT molecular complexity index is 2070. The number of anilines is 3. The minimum atomic E-state index is -2.44. The highest BCUT2D eigenvalue weighted by Gasteiger charge is 2.66. The lowest BCUT2D eigenvalue weighted by Crippen LogP contribution is -2.52. The molecule has 0 aromatic heterocycles. The van der Waals surface area contributed by atoms with Crippen molar-refractivity contribution in [3.8, 4) is 5.75 Å². The Morgan fingerprint density at radius 2 is 1.63 bits per heavy atom. The van der Waals surface area contributed by atoms with Crippen LogP contribution in [-0.4, -0.2) is 68.2 Å². The van der Waals surface area contributed by atoms with E-state index in [1.54, 1.807) is 12.0 Å². The van der Waals surface area contributed by atoms with Crippen molar-refractivity contribution >= 4 is 48.0 Å². The van der Waals surface area contributed by atoms with Gasteiger partial charge in [0.15, 0.2) is 5.60 Å². The monoisotopic (exact) mass is 743 g/mol. The summed E-state index contributed by atoms with van der Waals surface area (Å²) in [5.74, 6) is 0.463. The summed E-state index contributed by atoms with van der Waals surface area (Å²) in [4.78, 5) is 47.8. The highest BCUT2D eigenvalue weighted by Crippen LogP contribution is 2.60. The van der Waals surface area contributed by atoms with E-state index in [0.29, 0.717) is 19.5 Å². The summed E-state index contributed by atoms with van der Waals surface area (Å²) >= 11 is 0. The van der Waals surface area contributed by atoms with E-state index >= 15 is 4.79 Å². The molecule has 0 aliphatic carbocycles. The third-order valence-electron chi connectivity index (χ3n) is 12.7. The largest absolute Gasteiger partial charge is 0.497 e. The van der Waals surface area contributed by atoms with E-state index in [4.69, 9.17) is 9.47 Å². The lowest BCUT2D eigenvalue weighted by molar-refractivity contribution is -0.150. The fourth-order valence-electron chi connectivity index (χ4n) is 9.91. The van der Waals surface area contributed by atoms with Crippen molar-refractivity contribution < 1.29 is 29.0 Å². The number of nitrogens with zero attached hydrogens (tertiary/aromatic N) is 3. The fraction of sp³-hybridized carbons (Fsp3) is 0.386. The van der Waals surface area contributed by atoms with Gasteiger partial charge in [0.1, 0.15) is 5.75 Å². The molecule has 8 rings (SSSR count). The number of para-hydroxylation sites is 2. The number of aryl methyl sites for hydroxylation is 1. The van der Waals surface area contributed by atoms with E-state index in [1.165, 1.54) is 5.19 Å². The van der Waals surface area contributed by atoms with Gasteiger partial charge in [0.05, 0.1) is 58.3 Å². The number of likely N-dealkylation sites (tertiary alicyclic amines) is 1.